The van der Waals surface area contributed by atoms with Gasteiger partial charge in [0.2, 0.25) is 5.91 Å². The molecule has 20 heavy (non-hydrogen) atoms. The fourth-order valence-electron chi connectivity index (χ4n) is 2.05. The minimum absolute atomic E-state index is 0.00572. The summed E-state index contributed by atoms with van der Waals surface area (Å²) >= 11 is 0. The molecule has 1 aromatic carbocycles. The molecule has 3 amide bonds. The number of rotatable bonds is 1. The average molecular weight is 275 g/mol. The van der Waals surface area contributed by atoms with Gasteiger partial charge in [-0.25, -0.2) is 4.79 Å². The van der Waals surface area contributed by atoms with Gasteiger partial charge in [0.15, 0.2) is 0 Å². The molecule has 0 fully saturated rings. The zero-order valence-corrected chi connectivity index (χ0v) is 12.4. The van der Waals surface area contributed by atoms with Crippen molar-refractivity contribution in [2.75, 3.05) is 29.9 Å². The van der Waals surface area contributed by atoms with E-state index in [-0.39, 0.29) is 23.9 Å². The number of likely N-dealkylation sites (N-methyl/N-ethyl adjacent to an activating group) is 1. The predicted molar refractivity (Wildman–Crippen MR) is 80.1 cm³/mol. The number of amides is 3. The van der Waals surface area contributed by atoms with E-state index in [2.05, 4.69) is 26.1 Å². The second kappa shape index (κ2) is 5.15. The molecular weight excluding hydrogens is 254 g/mol. The molecule has 0 unspecified atom stereocenters. The number of nitrogens with zero attached hydrogens (tertiary/aromatic N) is 2. The Balaban J connectivity index is 2.22. The molecule has 0 spiro atoms. The van der Waals surface area contributed by atoms with Gasteiger partial charge in [0.25, 0.3) is 0 Å². The third-order valence-electron chi connectivity index (χ3n) is 3.22. The van der Waals surface area contributed by atoms with Gasteiger partial charge in [-0.15, -0.1) is 0 Å². The molecule has 0 radical (unpaired) electrons. The van der Waals surface area contributed by atoms with E-state index in [1.807, 2.05) is 24.3 Å². The normalized spacial score (nSPS) is 15.1. The van der Waals surface area contributed by atoms with Crippen molar-refractivity contribution in [3.05, 3.63) is 24.3 Å². The molecule has 0 aliphatic carbocycles. The molecular formula is C15H21N3O2. The number of fused-ring (bicyclic) bond motifs is 1. The smallest absolute Gasteiger partial charge is 0.322 e. The number of carbonyl (C=O) groups is 2. The van der Waals surface area contributed by atoms with Crippen molar-refractivity contribution in [2.45, 2.75) is 20.8 Å². The van der Waals surface area contributed by atoms with E-state index in [4.69, 9.17) is 0 Å². The Morgan fingerprint density at radius 1 is 1.25 bits per heavy atom. The number of benzene rings is 1. The van der Waals surface area contributed by atoms with E-state index >= 15 is 0 Å². The minimum Gasteiger partial charge on any atom is -0.337 e. The van der Waals surface area contributed by atoms with Gasteiger partial charge in [-0.3, -0.25) is 9.69 Å². The molecule has 1 N–H and O–H groups in total. The Kier molecular flexibility index (Phi) is 3.70. The van der Waals surface area contributed by atoms with Gasteiger partial charge in [-0.2, -0.15) is 0 Å². The van der Waals surface area contributed by atoms with Crippen molar-refractivity contribution in [1.82, 2.24) is 5.32 Å². The van der Waals surface area contributed by atoms with Crippen molar-refractivity contribution in [3.8, 4) is 0 Å². The Labute approximate surface area is 119 Å². The monoisotopic (exact) mass is 275 g/mol. The fourth-order valence-corrected chi connectivity index (χ4v) is 2.05. The van der Waals surface area contributed by atoms with Crippen molar-refractivity contribution >= 4 is 23.3 Å². The first kappa shape index (κ1) is 14.4. The third-order valence-corrected chi connectivity index (χ3v) is 3.22. The van der Waals surface area contributed by atoms with Crippen LogP contribution < -0.4 is 15.1 Å². The Hall–Kier alpha value is -2.04. The van der Waals surface area contributed by atoms with Gasteiger partial charge in [-0.1, -0.05) is 32.9 Å². The van der Waals surface area contributed by atoms with Crippen LogP contribution in [0.25, 0.3) is 0 Å². The van der Waals surface area contributed by atoms with Crippen LogP contribution in [0.3, 0.4) is 0 Å². The maximum atomic E-state index is 12.3. The molecule has 0 saturated heterocycles. The van der Waals surface area contributed by atoms with Crippen LogP contribution >= 0.6 is 0 Å². The summed E-state index contributed by atoms with van der Waals surface area (Å²) in [6, 6.07) is 7.20. The van der Waals surface area contributed by atoms with E-state index in [0.29, 0.717) is 6.54 Å². The van der Waals surface area contributed by atoms with E-state index in [1.165, 1.54) is 4.90 Å². The number of carbonyl (C=O) groups excluding carboxylic acids is 2. The summed E-state index contributed by atoms with van der Waals surface area (Å²) in [6.07, 6.45) is 0. The molecule has 5 heteroatoms. The fraction of sp³-hybridized carbons (Fsp3) is 0.467. The summed E-state index contributed by atoms with van der Waals surface area (Å²) in [7, 11) is 1.73. The molecule has 0 saturated carbocycles. The van der Waals surface area contributed by atoms with Crippen LogP contribution in [0, 0.1) is 5.41 Å². The first-order valence-electron chi connectivity index (χ1n) is 6.70. The van der Waals surface area contributed by atoms with Gasteiger partial charge in [-0.05, 0) is 17.5 Å². The second-order valence-corrected chi connectivity index (χ2v) is 6.25. The first-order chi connectivity index (χ1) is 9.29. The van der Waals surface area contributed by atoms with Crippen LogP contribution in [0.1, 0.15) is 20.8 Å². The highest BCUT2D eigenvalue weighted by atomic mass is 16.2. The van der Waals surface area contributed by atoms with Gasteiger partial charge < -0.3 is 10.2 Å². The summed E-state index contributed by atoms with van der Waals surface area (Å²) in [5, 5.41) is 2.88. The lowest BCUT2D eigenvalue weighted by Crippen LogP contribution is -2.51. The number of urea groups is 1. The standard InChI is InChI=1S/C15H21N3O2/c1-15(2,3)10-16-14(20)18-9-13(19)17(4)11-7-5-6-8-12(11)18/h5-8H,9-10H2,1-4H3,(H,16,20). The molecule has 1 aliphatic heterocycles. The van der Waals surface area contributed by atoms with Crippen LogP contribution in [0.15, 0.2) is 24.3 Å². The van der Waals surface area contributed by atoms with E-state index < -0.39 is 0 Å². The van der Waals surface area contributed by atoms with Crippen LogP contribution in [-0.4, -0.2) is 32.1 Å². The molecule has 0 aromatic heterocycles. The highest BCUT2D eigenvalue weighted by Gasteiger charge is 2.30. The summed E-state index contributed by atoms with van der Waals surface area (Å²) < 4.78 is 0. The summed E-state index contributed by atoms with van der Waals surface area (Å²) in [5.41, 5.74) is 1.53. The van der Waals surface area contributed by atoms with Crippen molar-refractivity contribution in [2.24, 2.45) is 5.41 Å². The highest BCUT2D eigenvalue weighted by molar-refractivity contribution is 6.10. The zero-order valence-electron chi connectivity index (χ0n) is 12.4. The topological polar surface area (TPSA) is 52.7 Å². The Bertz CT molecular complexity index is 534. The van der Waals surface area contributed by atoms with Crippen molar-refractivity contribution < 1.29 is 9.59 Å². The molecule has 1 heterocycles. The van der Waals surface area contributed by atoms with Crippen LogP contribution in [0.2, 0.25) is 0 Å². The highest BCUT2D eigenvalue weighted by Crippen LogP contribution is 2.32. The van der Waals surface area contributed by atoms with E-state index in [0.717, 1.165) is 11.4 Å². The second-order valence-electron chi connectivity index (χ2n) is 6.25. The lowest BCUT2D eigenvalue weighted by Gasteiger charge is -2.34. The molecule has 1 aliphatic rings. The lowest BCUT2D eigenvalue weighted by molar-refractivity contribution is -0.117. The lowest BCUT2D eigenvalue weighted by atomic mass is 9.97. The Morgan fingerprint density at radius 2 is 1.85 bits per heavy atom. The van der Waals surface area contributed by atoms with Crippen molar-refractivity contribution in [3.63, 3.8) is 0 Å². The average Bonchev–Trinajstić information content (AvgIpc) is 2.39. The minimum atomic E-state index is -0.228. The number of anilines is 2. The first-order valence-corrected chi connectivity index (χ1v) is 6.70. The molecule has 0 atom stereocenters. The number of para-hydroxylation sites is 2. The summed E-state index contributed by atoms with van der Waals surface area (Å²) in [5.74, 6) is -0.0883. The SMILES string of the molecule is CN1C(=O)CN(C(=O)NCC(C)(C)C)c2ccccc21. The molecule has 5 nitrogen and oxygen atoms in total. The van der Waals surface area contributed by atoms with Crippen LogP contribution in [0.4, 0.5) is 16.2 Å². The van der Waals surface area contributed by atoms with Gasteiger partial charge in [0, 0.05) is 13.6 Å². The van der Waals surface area contributed by atoms with E-state index in [1.54, 1.807) is 11.9 Å². The molecule has 2 rings (SSSR count). The van der Waals surface area contributed by atoms with Gasteiger partial charge in [0.1, 0.15) is 6.54 Å². The molecule has 0 bridgehead atoms. The van der Waals surface area contributed by atoms with Gasteiger partial charge >= 0.3 is 6.03 Å². The van der Waals surface area contributed by atoms with Crippen molar-refractivity contribution in [1.29, 1.82) is 0 Å². The maximum absolute atomic E-state index is 12.3. The van der Waals surface area contributed by atoms with Crippen LogP contribution in [-0.2, 0) is 4.79 Å². The summed E-state index contributed by atoms with van der Waals surface area (Å²) in [4.78, 5) is 27.4. The van der Waals surface area contributed by atoms with Gasteiger partial charge in [0.05, 0.1) is 11.4 Å². The quantitative estimate of drug-likeness (QED) is 0.854. The largest absolute Gasteiger partial charge is 0.337 e. The van der Waals surface area contributed by atoms with E-state index in [9.17, 15) is 9.59 Å². The number of hydrogen-bond acceptors (Lipinski definition) is 2. The summed E-state index contributed by atoms with van der Waals surface area (Å²) in [6.45, 7) is 6.79. The Morgan fingerprint density at radius 3 is 2.45 bits per heavy atom. The zero-order chi connectivity index (χ0) is 14.9. The number of nitrogens with one attached hydrogen (secondary N) is 1. The molecule has 1 aromatic rings. The predicted octanol–water partition coefficient (Wildman–Crippen LogP) is 2.23. The number of hydrogen-bond donors (Lipinski definition) is 1. The van der Waals surface area contributed by atoms with Crippen LogP contribution in [0.5, 0.6) is 0 Å². The molecule has 108 valence electrons. The third kappa shape index (κ3) is 2.92. The maximum Gasteiger partial charge on any atom is 0.322 e.